The van der Waals surface area contributed by atoms with E-state index < -0.39 is 0 Å². The van der Waals surface area contributed by atoms with Crippen molar-refractivity contribution in [3.05, 3.63) is 29.8 Å². The highest BCUT2D eigenvalue weighted by Gasteiger charge is 2.33. The number of nitrogens with zero attached hydrogens (tertiary/aromatic N) is 1. The Kier molecular flexibility index (Phi) is 4.59. The molecule has 0 aromatic heterocycles. The summed E-state index contributed by atoms with van der Waals surface area (Å²) in [5.74, 6) is 0.967. The molecular weight excluding hydrogens is 260 g/mol. The van der Waals surface area contributed by atoms with Gasteiger partial charge >= 0.3 is 0 Å². The minimum Gasteiger partial charge on any atom is -0.325 e. The van der Waals surface area contributed by atoms with Crippen LogP contribution in [-0.2, 0) is 4.79 Å². The molecule has 2 atom stereocenters. The number of rotatable bonds is 3. The third kappa shape index (κ3) is 3.46. The number of hydrogen-bond donors (Lipinski definition) is 1. The van der Waals surface area contributed by atoms with E-state index in [0.29, 0.717) is 12.6 Å². The molecule has 0 bridgehead atoms. The Bertz CT molecular complexity index is 498. The zero-order valence-electron chi connectivity index (χ0n) is 13.0. The van der Waals surface area contributed by atoms with Gasteiger partial charge in [-0.15, -0.1) is 0 Å². The molecule has 1 heterocycles. The van der Waals surface area contributed by atoms with Gasteiger partial charge in [-0.05, 0) is 56.7 Å². The van der Waals surface area contributed by atoms with Crippen LogP contribution < -0.4 is 5.32 Å². The Balaban J connectivity index is 1.60. The number of anilines is 1. The fraction of sp³-hybridized carbons (Fsp3) is 0.611. The summed E-state index contributed by atoms with van der Waals surface area (Å²) in [7, 11) is 0. The van der Waals surface area contributed by atoms with Gasteiger partial charge < -0.3 is 5.32 Å². The van der Waals surface area contributed by atoms with Gasteiger partial charge in [0.05, 0.1) is 6.54 Å². The summed E-state index contributed by atoms with van der Waals surface area (Å²) in [4.78, 5) is 14.8. The molecule has 0 spiro atoms. The van der Waals surface area contributed by atoms with E-state index in [1.807, 2.05) is 31.2 Å². The van der Waals surface area contributed by atoms with Crippen LogP contribution in [0.5, 0.6) is 0 Å². The Hall–Kier alpha value is -1.35. The van der Waals surface area contributed by atoms with Gasteiger partial charge in [0.2, 0.25) is 5.91 Å². The lowest BCUT2D eigenvalue weighted by Gasteiger charge is -2.43. The molecule has 3 heteroatoms. The number of carbonyl (C=O) groups is 1. The van der Waals surface area contributed by atoms with E-state index in [1.165, 1.54) is 38.5 Å². The summed E-state index contributed by atoms with van der Waals surface area (Å²) in [5, 5.41) is 3.07. The van der Waals surface area contributed by atoms with Crippen molar-refractivity contribution in [1.29, 1.82) is 0 Å². The number of para-hydroxylation sites is 1. The van der Waals surface area contributed by atoms with Crippen molar-refractivity contribution in [2.75, 3.05) is 18.4 Å². The topological polar surface area (TPSA) is 32.3 Å². The molecule has 114 valence electrons. The molecule has 2 fully saturated rings. The minimum atomic E-state index is 0.135. The predicted molar refractivity (Wildman–Crippen MR) is 86.4 cm³/mol. The number of carbonyl (C=O) groups excluding carboxylic acids is 1. The molecule has 0 radical (unpaired) electrons. The van der Waals surface area contributed by atoms with E-state index >= 15 is 0 Å². The average Bonchev–Trinajstić information content (AvgIpc) is 2.50. The van der Waals surface area contributed by atoms with Crippen molar-refractivity contribution in [2.45, 2.75) is 51.5 Å². The van der Waals surface area contributed by atoms with Crippen LogP contribution >= 0.6 is 0 Å². The standard InChI is InChI=1S/C18H26N2O/c1-14-7-2-4-10-16(14)19-18(21)13-20-12-6-9-15-8-3-5-11-17(15)20/h2,4,7,10,15,17H,3,5-6,8-9,11-13H2,1H3,(H,19,21)/t15-,17+/m1/s1. The van der Waals surface area contributed by atoms with Crippen LogP contribution in [0.15, 0.2) is 24.3 Å². The maximum atomic E-state index is 12.4. The first-order chi connectivity index (χ1) is 10.2. The molecule has 1 saturated heterocycles. The molecule has 1 aliphatic heterocycles. The van der Waals surface area contributed by atoms with Crippen molar-refractivity contribution in [3.8, 4) is 0 Å². The van der Waals surface area contributed by atoms with E-state index in [9.17, 15) is 4.79 Å². The van der Waals surface area contributed by atoms with Crippen LogP contribution in [0.25, 0.3) is 0 Å². The van der Waals surface area contributed by atoms with Crippen molar-refractivity contribution < 1.29 is 4.79 Å². The number of piperidine rings is 1. The second-order valence-corrected chi connectivity index (χ2v) is 6.59. The van der Waals surface area contributed by atoms with Crippen molar-refractivity contribution in [2.24, 2.45) is 5.92 Å². The predicted octanol–water partition coefficient (Wildman–Crippen LogP) is 3.59. The van der Waals surface area contributed by atoms with Gasteiger partial charge in [-0.3, -0.25) is 9.69 Å². The Morgan fingerprint density at radius 3 is 2.81 bits per heavy atom. The quantitative estimate of drug-likeness (QED) is 0.921. The van der Waals surface area contributed by atoms with E-state index in [4.69, 9.17) is 0 Å². The van der Waals surface area contributed by atoms with Gasteiger partial charge in [0, 0.05) is 11.7 Å². The molecule has 1 aromatic carbocycles. The molecule has 3 rings (SSSR count). The molecule has 1 aromatic rings. The first-order valence-corrected chi connectivity index (χ1v) is 8.33. The summed E-state index contributed by atoms with van der Waals surface area (Å²) < 4.78 is 0. The zero-order chi connectivity index (χ0) is 14.7. The molecule has 0 unspecified atom stereocenters. The monoisotopic (exact) mass is 286 g/mol. The van der Waals surface area contributed by atoms with Crippen molar-refractivity contribution in [3.63, 3.8) is 0 Å². The fourth-order valence-electron chi connectivity index (χ4n) is 4.01. The lowest BCUT2D eigenvalue weighted by atomic mass is 9.78. The SMILES string of the molecule is Cc1ccccc1NC(=O)CN1CCC[C@H]2CCCC[C@@H]21. The van der Waals surface area contributed by atoms with Crippen LogP contribution in [-0.4, -0.2) is 29.9 Å². The smallest absolute Gasteiger partial charge is 0.238 e. The van der Waals surface area contributed by atoms with Gasteiger partial charge in [-0.1, -0.05) is 31.0 Å². The second kappa shape index (κ2) is 6.61. The number of amides is 1. The first kappa shape index (κ1) is 14.6. The largest absolute Gasteiger partial charge is 0.325 e. The lowest BCUT2D eigenvalue weighted by Crippen LogP contribution is -2.49. The fourth-order valence-corrected chi connectivity index (χ4v) is 4.01. The highest BCUT2D eigenvalue weighted by molar-refractivity contribution is 5.92. The number of likely N-dealkylation sites (tertiary alicyclic amines) is 1. The van der Waals surface area contributed by atoms with E-state index in [2.05, 4.69) is 10.2 Å². The van der Waals surface area contributed by atoms with Crippen LogP contribution in [0.2, 0.25) is 0 Å². The van der Waals surface area contributed by atoms with Crippen molar-refractivity contribution >= 4 is 11.6 Å². The third-order valence-electron chi connectivity index (χ3n) is 5.12. The molecule has 1 saturated carbocycles. The summed E-state index contributed by atoms with van der Waals surface area (Å²) >= 11 is 0. The van der Waals surface area contributed by atoms with Crippen LogP contribution in [0.4, 0.5) is 5.69 Å². The number of benzene rings is 1. The number of aryl methyl sites for hydroxylation is 1. The molecule has 21 heavy (non-hydrogen) atoms. The Morgan fingerprint density at radius 1 is 1.19 bits per heavy atom. The van der Waals surface area contributed by atoms with Crippen LogP contribution in [0.1, 0.15) is 44.1 Å². The van der Waals surface area contributed by atoms with Gasteiger partial charge in [0.1, 0.15) is 0 Å². The number of fused-ring (bicyclic) bond motifs is 1. The number of nitrogens with one attached hydrogen (secondary N) is 1. The maximum Gasteiger partial charge on any atom is 0.238 e. The van der Waals surface area contributed by atoms with Crippen LogP contribution in [0.3, 0.4) is 0 Å². The third-order valence-corrected chi connectivity index (χ3v) is 5.12. The normalized spacial score (nSPS) is 26.1. The second-order valence-electron chi connectivity index (χ2n) is 6.59. The molecule has 1 aliphatic carbocycles. The van der Waals surface area contributed by atoms with E-state index in [0.717, 1.165) is 23.7 Å². The summed E-state index contributed by atoms with van der Waals surface area (Å²) in [6.07, 6.45) is 7.96. The molecular formula is C18H26N2O. The Morgan fingerprint density at radius 2 is 1.95 bits per heavy atom. The van der Waals surface area contributed by atoms with Crippen LogP contribution in [0, 0.1) is 12.8 Å². The Labute approximate surface area is 127 Å². The summed E-state index contributed by atoms with van der Waals surface area (Å²) in [5.41, 5.74) is 2.07. The summed E-state index contributed by atoms with van der Waals surface area (Å²) in [6.45, 7) is 3.67. The highest BCUT2D eigenvalue weighted by Crippen LogP contribution is 2.35. The number of hydrogen-bond acceptors (Lipinski definition) is 2. The van der Waals surface area contributed by atoms with E-state index in [-0.39, 0.29) is 5.91 Å². The van der Waals surface area contributed by atoms with E-state index in [1.54, 1.807) is 0 Å². The lowest BCUT2D eigenvalue weighted by molar-refractivity contribution is -0.118. The van der Waals surface area contributed by atoms with Crippen molar-refractivity contribution in [1.82, 2.24) is 4.90 Å². The molecule has 3 nitrogen and oxygen atoms in total. The van der Waals surface area contributed by atoms with Gasteiger partial charge in [0.25, 0.3) is 0 Å². The maximum absolute atomic E-state index is 12.4. The van der Waals surface area contributed by atoms with Gasteiger partial charge in [-0.25, -0.2) is 0 Å². The first-order valence-electron chi connectivity index (χ1n) is 8.33. The van der Waals surface area contributed by atoms with Gasteiger partial charge in [-0.2, -0.15) is 0 Å². The average molecular weight is 286 g/mol. The highest BCUT2D eigenvalue weighted by atomic mass is 16.2. The minimum absolute atomic E-state index is 0.135. The van der Waals surface area contributed by atoms with Gasteiger partial charge in [0.15, 0.2) is 0 Å². The zero-order valence-corrected chi connectivity index (χ0v) is 13.0. The molecule has 1 N–H and O–H groups in total. The summed E-state index contributed by atoms with van der Waals surface area (Å²) in [6, 6.07) is 8.64. The molecule has 1 amide bonds. The molecule has 2 aliphatic rings.